The van der Waals surface area contributed by atoms with Gasteiger partial charge in [-0.15, -0.1) is 0 Å². The van der Waals surface area contributed by atoms with E-state index in [4.69, 9.17) is 0 Å². The molecule has 3 nitrogen and oxygen atoms in total. The summed E-state index contributed by atoms with van der Waals surface area (Å²) in [5.74, 6) is 2.26. The molecule has 2 heterocycles. The number of piperidine rings is 1. The van der Waals surface area contributed by atoms with E-state index in [0.29, 0.717) is 17.8 Å². The van der Waals surface area contributed by atoms with Crippen molar-refractivity contribution >= 4 is 5.91 Å². The van der Waals surface area contributed by atoms with E-state index in [9.17, 15) is 9.18 Å². The van der Waals surface area contributed by atoms with Crippen LogP contribution in [-0.4, -0.2) is 28.9 Å². The predicted molar refractivity (Wildman–Crippen MR) is 107 cm³/mol. The number of carbonyl (C=O) groups is 1. The first-order chi connectivity index (χ1) is 13.3. The van der Waals surface area contributed by atoms with Crippen molar-refractivity contribution in [2.24, 2.45) is 28.6 Å². The van der Waals surface area contributed by atoms with Crippen molar-refractivity contribution < 1.29 is 9.18 Å². The van der Waals surface area contributed by atoms with Crippen molar-refractivity contribution in [2.75, 3.05) is 7.05 Å². The fraction of sp³-hybridized carbons (Fsp3) is 0.750. The lowest BCUT2D eigenvalue weighted by Crippen LogP contribution is -2.63. The Morgan fingerprint density at radius 3 is 2.68 bits per heavy atom. The molecule has 3 aliphatic carbocycles. The number of hydrogen-bond acceptors (Lipinski definition) is 2. The van der Waals surface area contributed by atoms with Crippen molar-refractivity contribution in [1.82, 2.24) is 9.88 Å². The molecule has 3 saturated carbocycles. The number of halogens is 1. The highest BCUT2D eigenvalue weighted by molar-refractivity contribution is 5.78. The van der Waals surface area contributed by atoms with Crippen molar-refractivity contribution in [2.45, 2.75) is 77.2 Å². The van der Waals surface area contributed by atoms with Crippen LogP contribution in [-0.2, 0) is 4.79 Å². The molecule has 0 radical (unpaired) electrons. The molecule has 4 heteroatoms. The number of pyridine rings is 1. The molecule has 7 atom stereocenters. The molecule has 1 saturated heterocycles. The lowest BCUT2D eigenvalue weighted by molar-refractivity contribution is -0.162. The minimum Gasteiger partial charge on any atom is -0.342 e. The van der Waals surface area contributed by atoms with E-state index >= 15 is 0 Å². The number of carbonyl (C=O) groups excluding carboxylic acids is 1. The Balaban J connectivity index is 1.57. The first-order valence-corrected chi connectivity index (χ1v) is 11.2. The molecule has 1 amide bonds. The van der Waals surface area contributed by atoms with Crippen molar-refractivity contribution in [1.29, 1.82) is 0 Å². The molecule has 152 valence electrons. The molecule has 1 aliphatic heterocycles. The molecule has 5 rings (SSSR count). The van der Waals surface area contributed by atoms with Gasteiger partial charge in [0, 0.05) is 31.1 Å². The van der Waals surface area contributed by atoms with Gasteiger partial charge in [-0.1, -0.05) is 20.3 Å². The zero-order chi connectivity index (χ0) is 19.7. The monoisotopic (exact) mass is 384 g/mol. The van der Waals surface area contributed by atoms with Gasteiger partial charge in [-0.2, -0.15) is 0 Å². The Kier molecular flexibility index (Phi) is 4.16. The average molecular weight is 385 g/mol. The average Bonchev–Trinajstić information content (AvgIpc) is 3.07. The molecule has 0 bridgehead atoms. The SMILES string of the molecule is CN1C(=O)CC(c2ccc(F)cn2)[C@@]2(C)C1CC[C@@H]1[C@H]2CC[C@]2(C)CCC[C@@H]12. The highest BCUT2D eigenvalue weighted by Gasteiger charge is 2.62. The van der Waals surface area contributed by atoms with E-state index < -0.39 is 0 Å². The predicted octanol–water partition coefficient (Wildman–Crippen LogP) is 5.17. The summed E-state index contributed by atoms with van der Waals surface area (Å²) in [7, 11) is 2.00. The second-order valence-electron chi connectivity index (χ2n) is 10.6. The summed E-state index contributed by atoms with van der Waals surface area (Å²) in [5.41, 5.74) is 1.47. The fourth-order valence-corrected chi connectivity index (χ4v) is 8.19. The van der Waals surface area contributed by atoms with E-state index in [1.807, 2.05) is 18.0 Å². The largest absolute Gasteiger partial charge is 0.342 e. The number of aromatic nitrogens is 1. The van der Waals surface area contributed by atoms with Gasteiger partial charge in [0.2, 0.25) is 5.91 Å². The van der Waals surface area contributed by atoms with Gasteiger partial charge in [-0.3, -0.25) is 9.78 Å². The molecular formula is C24H33FN2O. The standard InChI is InChI=1S/C24H33FN2O/c1-23-11-4-5-17(23)16-7-9-21-24(2,18(16)10-12-23)19(13-22(28)27(21)3)20-8-6-15(25)14-26-20/h6,8,14,16-19,21H,4-5,7,9-13H2,1-3H3/t16-,17-,18+,19?,21?,23-,24-/m0/s1. The minimum atomic E-state index is -0.300. The Morgan fingerprint density at radius 2 is 1.93 bits per heavy atom. The number of rotatable bonds is 1. The number of amides is 1. The normalized spacial score (nSPS) is 45.4. The van der Waals surface area contributed by atoms with E-state index in [0.717, 1.165) is 24.0 Å². The summed E-state index contributed by atoms with van der Waals surface area (Å²) >= 11 is 0. The lowest BCUT2D eigenvalue weighted by atomic mass is 9.45. The van der Waals surface area contributed by atoms with E-state index in [1.165, 1.54) is 50.8 Å². The minimum absolute atomic E-state index is 0.0281. The topological polar surface area (TPSA) is 33.2 Å². The second kappa shape index (κ2) is 6.27. The molecule has 0 N–H and O–H groups in total. The Hall–Kier alpha value is -1.45. The maximum Gasteiger partial charge on any atom is 0.223 e. The number of fused-ring (bicyclic) bond motifs is 5. The molecule has 1 aromatic rings. The molecular weight excluding hydrogens is 351 g/mol. The first-order valence-electron chi connectivity index (χ1n) is 11.2. The number of nitrogens with zero attached hydrogens (tertiary/aromatic N) is 2. The fourth-order valence-electron chi connectivity index (χ4n) is 8.19. The van der Waals surface area contributed by atoms with E-state index in [1.54, 1.807) is 0 Å². The molecule has 1 aromatic heterocycles. The van der Waals surface area contributed by atoms with Gasteiger partial charge in [0.05, 0.1) is 6.20 Å². The summed E-state index contributed by atoms with van der Waals surface area (Å²) in [5, 5.41) is 0. The molecule has 0 spiro atoms. The summed E-state index contributed by atoms with van der Waals surface area (Å²) in [6.45, 7) is 4.97. The highest BCUT2D eigenvalue weighted by atomic mass is 19.1. The van der Waals surface area contributed by atoms with Gasteiger partial charge in [-0.05, 0) is 79.2 Å². The summed E-state index contributed by atoms with van der Waals surface area (Å²) in [4.78, 5) is 19.4. The quantitative estimate of drug-likeness (QED) is 0.669. The Bertz CT molecular complexity index is 779. The molecule has 28 heavy (non-hydrogen) atoms. The highest BCUT2D eigenvalue weighted by Crippen LogP contribution is 2.66. The van der Waals surface area contributed by atoms with Crippen LogP contribution in [0.2, 0.25) is 0 Å². The van der Waals surface area contributed by atoms with Gasteiger partial charge in [0.1, 0.15) is 5.82 Å². The smallest absolute Gasteiger partial charge is 0.223 e. The van der Waals surface area contributed by atoms with Crippen LogP contribution in [0, 0.1) is 34.4 Å². The summed E-state index contributed by atoms with van der Waals surface area (Å²) < 4.78 is 13.5. The van der Waals surface area contributed by atoms with Crippen molar-refractivity contribution in [3.8, 4) is 0 Å². The summed E-state index contributed by atoms with van der Waals surface area (Å²) in [6.07, 6.45) is 10.9. The lowest BCUT2D eigenvalue weighted by Gasteiger charge is -2.63. The molecule has 4 aliphatic rings. The zero-order valence-corrected chi connectivity index (χ0v) is 17.5. The van der Waals surface area contributed by atoms with E-state index in [-0.39, 0.29) is 29.1 Å². The van der Waals surface area contributed by atoms with Crippen LogP contribution in [0.25, 0.3) is 0 Å². The van der Waals surface area contributed by atoms with Crippen LogP contribution in [0.4, 0.5) is 4.39 Å². The molecule has 4 fully saturated rings. The molecule has 2 unspecified atom stereocenters. The first kappa shape index (κ1) is 18.6. The van der Waals surface area contributed by atoms with Crippen LogP contribution < -0.4 is 0 Å². The maximum absolute atomic E-state index is 13.5. The second-order valence-corrected chi connectivity index (χ2v) is 10.6. The van der Waals surface area contributed by atoms with Crippen molar-refractivity contribution in [3.05, 3.63) is 29.8 Å². The van der Waals surface area contributed by atoms with Crippen LogP contribution in [0.3, 0.4) is 0 Å². The zero-order valence-electron chi connectivity index (χ0n) is 17.5. The van der Waals surface area contributed by atoms with Crippen molar-refractivity contribution in [3.63, 3.8) is 0 Å². The van der Waals surface area contributed by atoms with Gasteiger partial charge in [0.15, 0.2) is 0 Å². The Labute approximate surface area is 168 Å². The van der Waals surface area contributed by atoms with Crippen LogP contribution in [0.15, 0.2) is 18.3 Å². The van der Waals surface area contributed by atoms with Crippen LogP contribution in [0.1, 0.15) is 76.8 Å². The Morgan fingerprint density at radius 1 is 1.11 bits per heavy atom. The maximum atomic E-state index is 13.5. The van der Waals surface area contributed by atoms with Gasteiger partial charge >= 0.3 is 0 Å². The molecule has 0 aromatic carbocycles. The summed E-state index contributed by atoms with van der Waals surface area (Å²) in [6, 6.07) is 3.61. The van der Waals surface area contributed by atoms with Crippen LogP contribution in [0.5, 0.6) is 0 Å². The number of likely N-dealkylation sites (tertiary alicyclic amines) is 1. The third kappa shape index (κ3) is 2.45. The van der Waals surface area contributed by atoms with E-state index in [2.05, 4.69) is 18.8 Å². The van der Waals surface area contributed by atoms with Gasteiger partial charge in [-0.25, -0.2) is 4.39 Å². The van der Waals surface area contributed by atoms with Gasteiger partial charge in [0.25, 0.3) is 0 Å². The van der Waals surface area contributed by atoms with Crippen LogP contribution >= 0.6 is 0 Å². The third-order valence-electron chi connectivity index (χ3n) is 9.61. The van der Waals surface area contributed by atoms with Gasteiger partial charge < -0.3 is 4.90 Å². The third-order valence-corrected chi connectivity index (χ3v) is 9.61. The number of hydrogen-bond donors (Lipinski definition) is 0.